The lowest BCUT2D eigenvalue weighted by molar-refractivity contribution is -0.218. The van der Waals surface area contributed by atoms with E-state index in [0.717, 1.165) is 22.3 Å². The Morgan fingerprint density at radius 3 is 2.57 bits per heavy atom. The summed E-state index contributed by atoms with van der Waals surface area (Å²) < 4.78 is 11.4. The lowest BCUT2D eigenvalue weighted by Crippen LogP contribution is -2.61. The molecular weight excluding hydrogens is 536 g/mol. The van der Waals surface area contributed by atoms with Gasteiger partial charge in [-0.2, -0.15) is 5.06 Å². The van der Waals surface area contributed by atoms with Crippen molar-refractivity contribution in [2.24, 2.45) is 11.7 Å². The maximum absolute atomic E-state index is 13.9. The van der Waals surface area contributed by atoms with Gasteiger partial charge in [-0.1, -0.05) is 48.2 Å². The summed E-state index contributed by atoms with van der Waals surface area (Å²) in [7, 11) is 0. The highest BCUT2D eigenvalue weighted by molar-refractivity contribution is 5.89. The number of hydroxylamine groups is 2. The van der Waals surface area contributed by atoms with Crippen LogP contribution in [0, 0.1) is 17.8 Å². The van der Waals surface area contributed by atoms with Crippen LogP contribution in [0.5, 0.6) is 0 Å². The van der Waals surface area contributed by atoms with Crippen molar-refractivity contribution in [1.82, 2.24) is 15.4 Å². The number of hydrogen-bond donors (Lipinski definition) is 2. The number of fused-ring (bicyclic) bond motifs is 2. The average Bonchev–Trinajstić information content (AvgIpc) is 3.68. The summed E-state index contributed by atoms with van der Waals surface area (Å²) in [5.74, 6) is 3.74. The predicted octanol–water partition coefficient (Wildman–Crippen LogP) is 1.86. The van der Waals surface area contributed by atoms with E-state index >= 15 is 0 Å². The lowest BCUT2D eigenvalue weighted by Gasteiger charge is -2.37. The molecule has 3 heterocycles. The number of aromatic nitrogens is 1. The normalized spacial score (nSPS) is 27.5. The fraction of sp³-hybridized carbons (Fsp3) is 0.312. The largest absolute Gasteiger partial charge is 0.459 e. The molecule has 3 aliphatic rings. The Morgan fingerprint density at radius 2 is 1.83 bits per heavy atom. The van der Waals surface area contributed by atoms with Crippen LogP contribution in [0.15, 0.2) is 79.1 Å². The Kier molecular flexibility index (Phi) is 7.47. The zero-order valence-corrected chi connectivity index (χ0v) is 22.9. The molecular formula is C32H30N4O6. The van der Waals surface area contributed by atoms with Gasteiger partial charge in [0.05, 0.1) is 18.6 Å². The van der Waals surface area contributed by atoms with Crippen LogP contribution < -0.4 is 11.1 Å². The second-order valence-corrected chi connectivity index (χ2v) is 10.7. The van der Waals surface area contributed by atoms with Crippen molar-refractivity contribution in [2.75, 3.05) is 0 Å². The number of epoxide rings is 1. The first-order chi connectivity index (χ1) is 20.3. The number of primary amides is 1. The van der Waals surface area contributed by atoms with Crippen LogP contribution >= 0.6 is 0 Å². The number of carbonyl (C=O) groups excluding carboxylic acids is 3. The third-order valence-electron chi connectivity index (χ3n) is 7.84. The molecule has 42 heavy (non-hydrogen) atoms. The van der Waals surface area contributed by atoms with E-state index in [2.05, 4.69) is 22.1 Å². The molecule has 0 radical (unpaired) electrons. The fourth-order valence-corrected chi connectivity index (χ4v) is 5.95. The van der Waals surface area contributed by atoms with E-state index in [1.165, 1.54) is 12.0 Å². The SMILES string of the molecule is CC(=O)OC1C2[C@@H](C(=O)NCc3cccnc3)N(Cc3cccc(C#Cc4ccccc4)c3)OC2(C(N)=O)C[C@@H]2O[C@H]12. The molecule has 10 heteroatoms. The van der Waals surface area contributed by atoms with Crippen molar-refractivity contribution in [2.45, 2.75) is 56.4 Å². The molecule has 2 aromatic carbocycles. The molecule has 0 spiro atoms. The Hall–Kier alpha value is -4.56. The van der Waals surface area contributed by atoms with Crippen molar-refractivity contribution in [1.29, 1.82) is 0 Å². The van der Waals surface area contributed by atoms with Gasteiger partial charge in [0.15, 0.2) is 5.60 Å². The third kappa shape index (κ3) is 5.50. The molecule has 214 valence electrons. The molecule has 3 aromatic rings. The van der Waals surface area contributed by atoms with E-state index in [0.29, 0.717) is 0 Å². The van der Waals surface area contributed by atoms with Gasteiger partial charge < -0.3 is 20.5 Å². The van der Waals surface area contributed by atoms with Gasteiger partial charge in [-0.25, -0.2) is 0 Å². The number of esters is 1. The van der Waals surface area contributed by atoms with E-state index in [9.17, 15) is 14.4 Å². The van der Waals surface area contributed by atoms with E-state index in [1.807, 2.05) is 60.7 Å². The number of carbonyl (C=O) groups is 3. The van der Waals surface area contributed by atoms with E-state index in [-0.39, 0.29) is 25.6 Å². The van der Waals surface area contributed by atoms with Crippen molar-refractivity contribution >= 4 is 17.8 Å². The summed E-state index contributed by atoms with van der Waals surface area (Å²) in [6.07, 6.45) is 1.75. The minimum atomic E-state index is -1.60. The van der Waals surface area contributed by atoms with Crippen LogP contribution in [0.3, 0.4) is 0 Å². The number of benzene rings is 2. The Balaban J connectivity index is 1.32. The summed E-state index contributed by atoms with van der Waals surface area (Å²) in [5.41, 5.74) is 7.65. The molecule has 6 rings (SSSR count). The zero-order chi connectivity index (χ0) is 29.3. The summed E-state index contributed by atoms with van der Waals surface area (Å²) in [4.78, 5) is 49.6. The van der Waals surface area contributed by atoms with E-state index in [1.54, 1.807) is 18.5 Å². The number of pyridine rings is 1. The number of nitrogens with one attached hydrogen (secondary N) is 1. The number of nitrogens with two attached hydrogens (primary N) is 1. The molecule has 3 fully saturated rings. The maximum atomic E-state index is 13.9. The lowest BCUT2D eigenvalue weighted by atomic mass is 9.70. The van der Waals surface area contributed by atoms with Gasteiger partial charge in [-0.3, -0.25) is 24.2 Å². The fourth-order valence-electron chi connectivity index (χ4n) is 5.95. The molecule has 2 amide bonds. The van der Waals surface area contributed by atoms with Crippen LogP contribution in [0.4, 0.5) is 0 Å². The molecule has 3 unspecified atom stereocenters. The number of nitrogens with zero attached hydrogens (tertiary/aromatic N) is 2. The molecule has 1 saturated carbocycles. The monoisotopic (exact) mass is 566 g/mol. The molecule has 1 aliphatic carbocycles. The third-order valence-corrected chi connectivity index (χ3v) is 7.84. The number of rotatable bonds is 7. The molecule has 10 nitrogen and oxygen atoms in total. The van der Waals surface area contributed by atoms with Gasteiger partial charge >= 0.3 is 5.97 Å². The summed E-state index contributed by atoms with van der Waals surface area (Å²) in [6, 6.07) is 19.8. The van der Waals surface area contributed by atoms with E-state index < -0.39 is 47.6 Å². The first-order valence-electron chi connectivity index (χ1n) is 13.7. The van der Waals surface area contributed by atoms with Crippen LogP contribution in [0.25, 0.3) is 0 Å². The van der Waals surface area contributed by atoms with Crippen LogP contribution in [-0.4, -0.2) is 57.8 Å². The Bertz CT molecular complexity index is 1560. The molecule has 2 saturated heterocycles. The van der Waals surface area contributed by atoms with Crippen molar-refractivity contribution in [3.05, 3.63) is 101 Å². The highest BCUT2D eigenvalue weighted by Crippen LogP contribution is 2.54. The minimum Gasteiger partial charge on any atom is -0.459 e. The van der Waals surface area contributed by atoms with Crippen molar-refractivity contribution in [3.63, 3.8) is 0 Å². The minimum absolute atomic E-state index is 0.153. The van der Waals surface area contributed by atoms with Crippen LogP contribution in [0.1, 0.15) is 35.6 Å². The smallest absolute Gasteiger partial charge is 0.303 e. The van der Waals surface area contributed by atoms with Crippen molar-refractivity contribution < 1.29 is 28.7 Å². The van der Waals surface area contributed by atoms with Gasteiger partial charge in [0.2, 0.25) is 5.91 Å². The second-order valence-electron chi connectivity index (χ2n) is 10.7. The quantitative estimate of drug-likeness (QED) is 0.251. The highest BCUT2D eigenvalue weighted by Gasteiger charge is 2.73. The predicted molar refractivity (Wildman–Crippen MR) is 150 cm³/mol. The van der Waals surface area contributed by atoms with Gasteiger partial charge in [0, 0.05) is 43.4 Å². The summed E-state index contributed by atoms with van der Waals surface area (Å²) in [6.45, 7) is 1.64. The van der Waals surface area contributed by atoms with Crippen LogP contribution in [-0.2, 0) is 41.8 Å². The second kappa shape index (κ2) is 11.4. The zero-order valence-electron chi connectivity index (χ0n) is 22.9. The van der Waals surface area contributed by atoms with Gasteiger partial charge in [0.25, 0.3) is 5.91 Å². The summed E-state index contributed by atoms with van der Waals surface area (Å²) in [5, 5.41) is 4.43. The topological polar surface area (TPSA) is 136 Å². The molecule has 6 atom stereocenters. The average molecular weight is 567 g/mol. The Morgan fingerprint density at radius 1 is 1.07 bits per heavy atom. The van der Waals surface area contributed by atoms with Gasteiger partial charge in [-0.15, -0.1) is 0 Å². The molecule has 2 aliphatic heterocycles. The highest BCUT2D eigenvalue weighted by atomic mass is 16.7. The number of ether oxygens (including phenoxy) is 2. The molecule has 0 bridgehead atoms. The van der Waals surface area contributed by atoms with Crippen molar-refractivity contribution in [3.8, 4) is 11.8 Å². The number of amides is 2. The van der Waals surface area contributed by atoms with E-state index in [4.69, 9.17) is 20.0 Å². The standard InChI is InChI=1S/C32H30N4O6/c1-20(37)40-29-26-27(30(38)35-18-24-11-6-14-34-17-24)36(42-32(26,31(33)39)16-25-28(29)41-25)19-23-10-5-9-22(15-23)13-12-21-7-3-2-4-8-21/h2-11,14-15,17,25-29H,16,18-19H2,1H3,(H2,33,39)(H,35,38)/t25-,26?,27-,28-,29?,32?/m0/s1. The first kappa shape index (κ1) is 27.6. The first-order valence-corrected chi connectivity index (χ1v) is 13.7. The number of hydrogen-bond acceptors (Lipinski definition) is 8. The maximum Gasteiger partial charge on any atom is 0.303 e. The molecule has 3 N–H and O–H groups in total. The van der Waals surface area contributed by atoms with Gasteiger partial charge in [0.1, 0.15) is 18.2 Å². The van der Waals surface area contributed by atoms with Crippen LogP contribution in [0.2, 0.25) is 0 Å². The molecule has 1 aromatic heterocycles. The summed E-state index contributed by atoms with van der Waals surface area (Å²) >= 11 is 0. The van der Waals surface area contributed by atoms with Gasteiger partial charge in [-0.05, 0) is 41.5 Å². The Labute approximate surface area is 243 Å².